The molecule has 1 atom stereocenters. The van der Waals surface area contributed by atoms with Crippen molar-refractivity contribution in [2.24, 2.45) is 0 Å². The molecule has 0 spiro atoms. The van der Waals surface area contributed by atoms with Gasteiger partial charge in [0.15, 0.2) is 0 Å². The first-order valence-corrected chi connectivity index (χ1v) is 6.68. The molecule has 1 aliphatic heterocycles. The maximum Gasteiger partial charge on any atom is 0.252 e. The molecule has 1 aromatic rings. The highest BCUT2D eigenvalue weighted by molar-refractivity contribution is 14.1. The first-order chi connectivity index (χ1) is 8.97. The number of phenolic OH excluding ortho intramolecular Hbond substituents is 1. The Bertz CT molecular complexity index is 559. The number of hydrogen-bond donors (Lipinski definition) is 3. The fourth-order valence-electron chi connectivity index (χ4n) is 1.73. The van der Waals surface area contributed by atoms with Crippen LogP contribution in [-0.4, -0.2) is 28.9 Å². The molecule has 2 rings (SSSR count). The Hall–Kier alpha value is -1.64. The molecule has 100 valence electrons. The summed E-state index contributed by atoms with van der Waals surface area (Å²) < 4.78 is 0.634. The van der Waals surface area contributed by atoms with Gasteiger partial charge in [-0.05, 0) is 47.2 Å². The normalized spacial score (nSPS) is 18.9. The van der Waals surface area contributed by atoms with E-state index in [1.165, 1.54) is 6.07 Å². The molecule has 0 radical (unpaired) electrons. The van der Waals surface area contributed by atoms with Gasteiger partial charge in [-0.25, -0.2) is 0 Å². The van der Waals surface area contributed by atoms with Crippen LogP contribution in [0.1, 0.15) is 23.2 Å². The predicted octanol–water partition coefficient (Wildman–Crippen LogP) is 0.532. The zero-order chi connectivity index (χ0) is 14.0. The first-order valence-electron chi connectivity index (χ1n) is 5.60. The van der Waals surface area contributed by atoms with Gasteiger partial charge in [-0.15, -0.1) is 0 Å². The highest BCUT2D eigenvalue weighted by atomic mass is 127. The van der Waals surface area contributed by atoms with Crippen LogP contribution in [0.3, 0.4) is 0 Å². The van der Waals surface area contributed by atoms with Crippen molar-refractivity contribution in [2.75, 3.05) is 0 Å². The molecule has 3 N–H and O–H groups in total. The minimum Gasteiger partial charge on any atom is -0.507 e. The number of carbonyl (C=O) groups is 3. The van der Waals surface area contributed by atoms with Crippen LogP contribution in [0.25, 0.3) is 0 Å². The highest BCUT2D eigenvalue weighted by Gasteiger charge is 2.28. The fourth-order valence-corrected chi connectivity index (χ4v) is 2.06. The number of carbonyl (C=O) groups excluding carboxylic acids is 3. The number of halogens is 1. The van der Waals surface area contributed by atoms with Gasteiger partial charge in [0.05, 0.1) is 3.57 Å². The summed E-state index contributed by atoms with van der Waals surface area (Å²) in [4.78, 5) is 34.4. The highest BCUT2D eigenvalue weighted by Crippen LogP contribution is 2.20. The number of phenols is 1. The summed E-state index contributed by atoms with van der Waals surface area (Å²) in [6.07, 6.45) is 0.487. The van der Waals surface area contributed by atoms with Crippen molar-refractivity contribution < 1.29 is 19.5 Å². The zero-order valence-electron chi connectivity index (χ0n) is 9.77. The number of amides is 3. The lowest BCUT2D eigenvalue weighted by atomic mass is 10.1. The minimum atomic E-state index is -0.716. The third-order valence-electron chi connectivity index (χ3n) is 2.75. The number of imide groups is 1. The number of piperidine rings is 1. The number of hydrogen-bond acceptors (Lipinski definition) is 4. The molecule has 3 amide bonds. The summed E-state index contributed by atoms with van der Waals surface area (Å²) in [5.41, 5.74) is 0.266. The Morgan fingerprint density at radius 1 is 1.42 bits per heavy atom. The maximum absolute atomic E-state index is 11.9. The van der Waals surface area contributed by atoms with Crippen molar-refractivity contribution in [1.82, 2.24) is 10.6 Å². The van der Waals surface area contributed by atoms with Crippen LogP contribution in [0.5, 0.6) is 5.75 Å². The average Bonchev–Trinajstić information content (AvgIpc) is 2.36. The van der Waals surface area contributed by atoms with Crippen LogP contribution in [-0.2, 0) is 9.59 Å². The Morgan fingerprint density at radius 2 is 2.16 bits per heavy atom. The third-order valence-corrected chi connectivity index (χ3v) is 3.67. The number of rotatable bonds is 2. The molecule has 0 bridgehead atoms. The standard InChI is InChI=1S/C12H11IN2O4/c13-7-2-1-6(5-9(7)16)11(18)14-8-3-4-10(17)15-12(8)19/h1-2,5,8,16H,3-4H2,(H,14,18)(H,15,17,19). The predicted molar refractivity (Wildman–Crippen MR) is 74.5 cm³/mol. The lowest BCUT2D eigenvalue weighted by Crippen LogP contribution is -2.52. The van der Waals surface area contributed by atoms with E-state index in [0.717, 1.165) is 0 Å². The molecule has 1 unspecified atom stereocenters. The lowest BCUT2D eigenvalue weighted by molar-refractivity contribution is -0.134. The molecular weight excluding hydrogens is 363 g/mol. The van der Waals surface area contributed by atoms with Crippen molar-refractivity contribution in [3.05, 3.63) is 27.3 Å². The van der Waals surface area contributed by atoms with Crippen LogP contribution < -0.4 is 10.6 Å². The molecule has 0 aliphatic carbocycles. The third kappa shape index (κ3) is 3.22. The van der Waals surface area contributed by atoms with Crippen molar-refractivity contribution in [3.8, 4) is 5.75 Å². The van der Waals surface area contributed by atoms with Crippen LogP contribution >= 0.6 is 22.6 Å². The SMILES string of the molecule is O=C1CCC(NC(=O)c2ccc(I)c(O)c2)C(=O)N1. The molecule has 1 aliphatic rings. The monoisotopic (exact) mass is 374 g/mol. The van der Waals surface area contributed by atoms with Crippen LogP contribution in [0.4, 0.5) is 0 Å². The molecule has 6 nitrogen and oxygen atoms in total. The summed E-state index contributed by atoms with van der Waals surface area (Å²) in [5, 5.41) is 14.2. The molecule has 1 saturated heterocycles. The van der Waals surface area contributed by atoms with Gasteiger partial charge in [-0.3, -0.25) is 19.7 Å². The molecule has 1 aromatic carbocycles. The second kappa shape index (κ2) is 5.55. The number of nitrogens with one attached hydrogen (secondary N) is 2. The van der Waals surface area contributed by atoms with Gasteiger partial charge in [0.1, 0.15) is 11.8 Å². The molecule has 1 fully saturated rings. The Labute approximate surface area is 122 Å². The average molecular weight is 374 g/mol. The second-order valence-corrected chi connectivity index (χ2v) is 5.31. The van der Waals surface area contributed by atoms with Crippen molar-refractivity contribution >= 4 is 40.3 Å². The Balaban J connectivity index is 2.06. The number of aromatic hydroxyl groups is 1. The first kappa shape index (κ1) is 13.8. The smallest absolute Gasteiger partial charge is 0.252 e. The summed E-state index contributed by atoms with van der Waals surface area (Å²) in [5.74, 6) is -1.28. The minimum absolute atomic E-state index is 0.0107. The van der Waals surface area contributed by atoms with Crippen molar-refractivity contribution in [1.29, 1.82) is 0 Å². The molecule has 0 aromatic heterocycles. The molecule has 1 heterocycles. The van der Waals surface area contributed by atoms with Gasteiger partial charge in [-0.2, -0.15) is 0 Å². The van der Waals surface area contributed by atoms with Crippen molar-refractivity contribution in [2.45, 2.75) is 18.9 Å². The zero-order valence-corrected chi connectivity index (χ0v) is 11.9. The van der Waals surface area contributed by atoms with Gasteiger partial charge < -0.3 is 10.4 Å². The van der Waals surface area contributed by atoms with Gasteiger partial charge in [0.2, 0.25) is 11.8 Å². The second-order valence-electron chi connectivity index (χ2n) is 4.14. The molecule has 0 saturated carbocycles. The van der Waals surface area contributed by atoms with Crippen LogP contribution in [0.15, 0.2) is 18.2 Å². The Morgan fingerprint density at radius 3 is 2.79 bits per heavy atom. The van der Waals surface area contributed by atoms with Crippen molar-refractivity contribution in [3.63, 3.8) is 0 Å². The van der Waals surface area contributed by atoms with Gasteiger partial charge in [0, 0.05) is 12.0 Å². The van der Waals surface area contributed by atoms with E-state index in [0.29, 0.717) is 3.57 Å². The summed E-state index contributed by atoms with van der Waals surface area (Å²) in [6.45, 7) is 0. The van der Waals surface area contributed by atoms with Gasteiger partial charge in [-0.1, -0.05) is 0 Å². The van der Waals surface area contributed by atoms with E-state index in [-0.39, 0.29) is 30.1 Å². The fraction of sp³-hybridized carbons (Fsp3) is 0.250. The largest absolute Gasteiger partial charge is 0.507 e. The van der Waals surface area contributed by atoms with Gasteiger partial charge in [0.25, 0.3) is 5.91 Å². The molecular formula is C12H11IN2O4. The Kier molecular flexibility index (Phi) is 4.03. The van der Waals surface area contributed by atoms with E-state index in [2.05, 4.69) is 10.6 Å². The van der Waals surface area contributed by atoms with E-state index < -0.39 is 17.9 Å². The topological polar surface area (TPSA) is 95.5 Å². The van der Waals surface area contributed by atoms with E-state index in [4.69, 9.17) is 0 Å². The van der Waals surface area contributed by atoms with Gasteiger partial charge >= 0.3 is 0 Å². The van der Waals surface area contributed by atoms with E-state index in [9.17, 15) is 19.5 Å². The summed E-state index contributed by atoms with van der Waals surface area (Å²) in [7, 11) is 0. The van der Waals surface area contributed by atoms with Crippen LogP contribution in [0.2, 0.25) is 0 Å². The molecule has 19 heavy (non-hydrogen) atoms. The summed E-state index contributed by atoms with van der Waals surface area (Å²) >= 11 is 1.94. The van der Waals surface area contributed by atoms with E-state index >= 15 is 0 Å². The number of benzene rings is 1. The molecule has 7 heteroatoms. The van der Waals surface area contributed by atoms with Crippen LogP contribution in [0, 0.1) is 3.57 Å². The van der Waals surface area contributed by atoms with E-state index in [1.54, 1.807) is 12.1 Å². The lowest BCUT2D eigenvalue weighted by Gasteiger charge is -2.21. The maximum atomic E-state index is 11.9. The quantitative estimate of drug-likeness (QED) is 0.520. The summed E-state index contributed by atoms with van der Waals surface area (Å²) in [6, 6.07) is 3.78. The van der Waals surface area contributed by atoms with E-state index in [1.807, 2.05) is 22.6 Å².